The number of rotatable bonds is 6. The lowest BCUT2D eigenvalue weighted by Gasteiger charge is -2.20. The summed E-state index contributed by atoms with van der Waals surface area (Å²) >= 11 is 0. The molecule has 4 N–H and O–H groups in total. The fourth-order valence-electron chi connectivity index (χ4n) is 3.26. The second-order valence-electron chi connectivity index (χ2n) is 6.42. The van der Waals surface area contributed by atoms with Gasteiger partial charge in [0, 0.05) is 12.0 Å². The van der Waals surface area contributed by atoms with E-state index in [2.05, 4.69) is 0 Å². The van der Waals surface area contributed by atoms with Gasteiger partial charge in [0.15, 0.2) is 0 Å². The fourth-order valence-corrected chi connectivity index (χ4v) is 3.26. The first-order valence-corrected chi connectivity index (χ1v) is 8.65. The molecular weight excluding hydrogens is 384 g/mol. The molecule has 0 radical (unpaired) electrons. The van der Waals surface area contributed by atoms with Crippen LogP contribution in [0.25, 0.3) is 21.9 Å². The number of carbonyl (C=O) groups excluding carboxylic acids is 1. The SMILES string of the molecule is COC(=O)c1cc(OC)cc2oc3cc([C@H](CO)[C@H](O)CO)cc(O)c3c(=O)c12. The number of aromatic hydroxyl groups is 1. The summed E-state index contributed by atoms with van der Waals surface area (Å²) in [4.78, 5) is 25.2. The highest BCUT2D eigenvalue weighted by Gasteiger charge is 2.25. The van der Waals surface area contributed by atoms with E-state index in [9.17, 15) is 30.0 Å². The van der Waals surface area contributed by atoms with E-state index in [1.54, 1.807) is 0 Å². The highest BCUT2D eigenvalue weighted by Crippen LogP contribution is 2.33. The van der Waals surface area contributed by atoms with Gasteiger partial charge in [-0.1, -0.05) is 0 Å². The molecule has 154 valence electrons. The van der Waals surface area contributed by atoms with Crippen molar-refractivity contribution in [2.24, 2.45) is 0 Å². The molecular formula is C20H20O9. The molecule has 2 atom stereocenters. The number of fused-ring (bicyclic) bond motifs is 2. The van der Waals surface area contributed by atoms with Crippen LogP contribution in [0.3, 0.4) is 0 Å². The summed E-state index contributed by atoms with van der Waals surface area (Å²) in [5.74, 6) is -1.89. The Kier molecular flexibility index (Phi) is 5.73. The predicted molar refractivity (Wildman–Crippen MR) is 102 cm³/mol. The normalized spacial score (nSPS) is 13.4. The number of phenols is 1. The Bertz CT molecular complexity index is 1130. The zero-order valence-electron chi connectivity index (χ0n) is 15.7. The van der Waals surface area contributed by atoms with Crippen LogP contribution in [0.4, 0.5) is 0 Å². The minimum Gasteiger partial charge on any atom is -0.507 e. The summed E-state index contributed by atoms with van der Waals surface area (Å²) < 4.78 is 15.6. The quantitative estimate of drug-likeness (QED) is 0.347. The van der Waals surface area contributed by atoms with Gasteiger partial charge in [0.25, 0.3) is 0 Å². The number of benzene rings is 2. The number of aliphatic hydroxyl groups excluding tert-OH is 3. The molecule has 1 heterocycles. The van der Waals surface area contributed by atoms with Crippen LogP contribution in [0, 0.1) is 0 Å². The Balaban J connectivity index is 2.38. The number of phenolic OH excluding ortho intramolecular Hbond substituents is 1. The Morgan fingerprint density at radius 2 is 1.76 bits per heavy atom. The number of carbonyl (C=O) groups is 1. The molecule has 3 aromatic rings. The van der Waals surface area contributed by atoms with Crippen LogP contribution in [0.15, 0.2) is 33.5 Å². The van der Waals surface area contributed by atoms with Crippen molar-refractivity contribution in [1.29, 1.82) is 0 Å². The van der Waals surface area contributed by atoms with Gasteiger partial charge in [-0.2, -0.15) is 0 Å². The third kappa shape index (κ3) is 3.51. The van der Waals surface area contributed by atoms with Gasteiger partial charge in [0.1, 0.15) is 28.1 Å². The van der Waals surface area contributed by atoms with Crippen LogP contribution in [0.5, 0.6) is 11.5 Å². The summed E-state index contributed by atoms with van der Waals surface area (Å²) in [6.45, 7) is -1.11. The topological polar surface area (TPSA) is 147 Å². The number of hydrogen-bond acceptors (Lipinski definition) is 9. The van der Waals surface area contributed by atoms with Gasteiger partial charge in [-0.3, -0.25) is 4.79 Å². The molecule has 0 aliphatic heterocycles. The van der Waals surface area contributed by atoms with Crippen molar-refractivity contribution in [2.75, 3.05) is 27.4 Å². The van der Waals surface area contributed by atoms with Crippen LogP contribution in [0.1, 0.15) is 21.8 Å². The second kappa shape index (κ2) is 8.08. The van der Waals surface area contributed by atoms with Crippen molar-refractivity contribution < 1.29 is 39.1 Å². The molecule has 0 saturated carbocycles. The molecule has 29 heavy (non-hydrogen) atoms. The lowest BCUT2D eigenvalue weighted by Crippen LogP contribution is -2.25. The summed E-state index contributed by atoms with van der Waals surface area (Å²) in [5, 5.41) is 38.8. The molecule has 0 saturated heterocycles. The Morgan fingerprint density at radius 3 is 2.34 bits per heavy atom. The van der Waals surface area contributed by atoms with Crippen molar-refractivity contribution in [3.63, 3.8) is 0 Å². The van der Waals surface area contributed by atoms with E-state index < -0.39 is 42.4 Å². The summed E-state index contributed by atoms with van der Waals surface area (Å²) in [7, 11) is 2.55. The van der Waals surface area contributed by atoms with Gasteiger partial charge < -0.3 is 34.3 Å². The first kappa shape index (κ1) is 20.6. The number of aliphatic hydroxyl groups is 3. The van der Waals surface area contributed by atoms with Crippen LogP contribution in [-0.2, 0) is 4.74 Å². The summed E-state index contributed by atoms with van der Waals surface area (Å²) in [6, 6.07) is 5.33. The minimum atomic E-state index is -1.28. The molecule has 9 heteroatoms. The molecule has 2 aromatic carbocycles. The van der Waals surface area contributed by atoms with Crippen molar-refractivity contribution in [2.45, 2.75) is 12.0 Å². The molecule has 0 bridgehead atoms. The molecule has 9 nitrogen and oxygen atoms in total. The predicted octanol–water partition coefficient (Wildman–Crippen LogP) is 0.876. The number of esters is 1. The number of methoxy groups -OCH3 is 2. The molecule has 0 spiro atoms. The van der Waals surface area contributed by atoms with Crippen molar-refractivity contribution in [3.05, 3.63) is 45.6 Å². The smallest absolute Gasteiger partial charge is 0.338 e. The van der Waals surface area contributed by atoms with Crippen LogP contribution in [-0.4, -0.2) is 59.9 Å². The lowest BCUT2D eigenvalue weighted by molar-refractivity contribution is 0.0526. The van der Waals surface area contributed by atoms with E-state index in [1.807, 2.05) is 0 Å². The van der Waals surface area contributed by atoms with Gasteiger partial charge in [0.05, 0.1) is 44.5 Å². The highest BCUT2D eigenvalue weighted by molar-refractivity contribution is 6.06. The average molecular weight is 404 g/mol. The van der Waals surface area contributed by atoms with Crippen molar-refractivity contribution in [1.82, 2.24) is 0 Å². The molecule has 0 aliphatic rings. The molecule has 1 aromatic heterocycles. The molecule has 0 unspecified atom stereocenters. The van der Waals surface area contributed by atoms with E-state index in [-0.39, 0.29) is 38.8 Å². The van der Waals surface area contributed by atoms with E-state index in [4.69, 9.17) is 13.9 Å². The van der Waals surface area contributed by atoms with E-state index in [1.165, 1.54) is 38.5 Å². The third-order valence-electron chi connectivity index (χ3n) is 4.77. The average Bonchev–Trinajstić information content (AvgIpc) is 2.72. The molecule has 0 aliphatic carbocycles. The maximum atomic E-state index is 13.1. The maximum absolute atomic E-state index is 13.1. The second-order valence-corrected chi connectivity index (χ2v) is 6.42. The Morgan fingerprint density at radius 1 is 1.07 bits per heavy atom. The van der Waals surface area contributed by atoms with Gasteiger partial charge in [0.2, 0.25) is 5.43 Å². The first-order valence-electron chi connectivity index (χ1n) is 8.65. The van der Waals surface area contributed by atoms with E-state index >= 15 is 0 Å². The van der Waals surface area contributed by atoms with Crippen molar-refractivity contribution in [3.8, 4) is 11.5 Å². The zero-order chi connectivity index (χ0) is 21.3. The van der Waals surface area contributed by atoms with Gasteiger partial charge in [-0.25, -0.2) is 4.79 Å². The van der Waals surface area contributed by atoms with Gasteiger partial charge >= 0.3 is 5.97 Å². The van der Waals surface area contributed by atoms with Gasteiger partial charge in [-0.15, -0.1) is 0 Å². The minimum absolute atomic E-state index is 0.0230. The maximum Gasteiger partial charge on any atom is 0.338 e. The number of ether oxygens (including phenoxy) is 2. The molecule has 0 fully saturated rings. The lowest BCUT2D eigenvalue weighted by atomic mass is 9.93. The standard InChI is InChI=1S/C20H20O9/c1-27-10-5-11(20(26)28-2)17-16(6-10)29-15-4-9(12(7-21)14(24)8-22)3-13(23)18(15)19(17)25/h3-6,12,14,21-24H,7-8H2,1-2H3/t12-,14+/m0/s1. The summed E-state index contributed by atoms with van der Waals surface area (Å²) in [6.07, 6.45) is -1.28. The molecule has 0 amide bonds. The van der Waals surface area contributed by atoms with Crippen LogP contribution < -0.4 is 10.2 Å². The number of hydrogen-bond donors (Lipinski definition) is 4. The highest BCUT2D eigenvalue weighted by atomic mass is 16.5. The molecule has 3 rings (SSSR count). The van der Waals surface area contributed by atoms with E-state index in [0.717, 1.165) is 0 Å². The van der Waals surface area contributed by atoms with E-state index in [0.29, 0.717) is 0 Å². The first-order chi connectivity index (χ1) is 13.9. The summed E-state index contributed by atoms with van der Waals surface area (Å²) in [5.41, 5.74) is -0.466. The largest absolute Gasteiger partial charge is 0.507 e. The third-order valence-corrected chi connectivity index (χ3v) is 4.77. The van der Waals surface area contributed by atoms with Crippen LogP contribution >= 0.6 is 0 Å². The van der Waals surface area contributed by atoms with Crippen LogP contribution in [0.2, 0.25) is 0 Å². The zero-order valence-corrected chi connectivity index (χ0v) is 15.7. The van der Waals surface area contributed by atoms with Gasteiger partial charge in [-0.05, 0) is 23.8 Å². The monoisotopic (exact) mass is 404 g/mol. The van der Waals surface area contributed by atoms with Crippen molar-refractivity contribution >= 4 is 27.9 Å². The fraction of sp³-hybridized carbons (Fsp3) is 0.300. The Labute approximate surface area is 164 Å². The Hall–Kier alpha value is -3.14.